The Balaban J connectivity index is 2.19. The molecule has 1 aliphatic heterocycles. The first-order valence-corrected chi connectivity index (χ1v) is 7.22. The third-order valence-electron chi connectivity index (χ3n) is 2.66. The van der Waals surface area contributed by atoms with Gasteiger partial charge in [0.2, 0.25) is 5.91 Å². The normalized spacial score (nSPS) is 23.6. The maximum atomic E-state index is 11.9. The summed E-state index contributed by atoms with van der Waals surface area (Å²) in [6, 6.07) is 0.167. The van der Waals surface area contributed by atoms with Gasteiger partial charge < -0.3 is 15.4 Å². The highest BCUT2D eigenvalue weighted by Crippen LogP contribution is 2.13. The Labute approximate surface area is 108 Å². The van der Waals surface area contributed by atoms with E-state index in [9.17, 15) is 4.79 Å². The minimum absolute atomic E-state index is 0.0423. The smallest absolute Gasteiger partial charge is 0.227 e. The Morgan fingerprint density at radius 3 is 3.12 bits per heavy atom. The SMILES string of the molecule is C=CCSCCNC(=O)C1COCC1NCC. The van der Waals surface area contributed by atoms with Crippen LogP contribution in [-0.4, -0.2) is 49.8 Å². The molecular weight excluding hydrogens is 236 g/mol. The number of ether oxygens (including phenoxy) is 1. The number of hydrogen-bond acceptors (Lipinski definition) is 4. The molecule has 1 amide bonds. The van der Waals surface area contributed by atoms with Crippen LogP contribution in [0.4, 0.5) is 0 Å². The molecule has 98 valence electrons. The van der Waals surface area contributed by atoms with Gasteiger partial charge in [-0.15, -0.1) is 6.58 Å². The van der Waals surface area contributed by atoms with Crippen molar-refractivity contribution in [2.24, 2.45) is 5.92 Å². The first-order chi connectivity index (χ1) is 8.29. The van der Waals surface area contributed by atoms with Crippen LogP contribution in [0.5, 0.6) is 0 Å². The fraction of sp³-hybridized carbons (Fsp3) is 0.750. The summed E-state index contributed by atoms with van der Waals surface area (Å²) >= 11 is 1.77. The van der Waals surface area contributed by atoms with Crippen molar-refractivity contribution in [3.63, 3.8) is 0 Å². The summed E-state index contributed by atoms with van der Waals surface area (Å²) < 4.78 is 5.35. The zero-order valence-corrected chi connectivity index (χ0v) is 11.2. The van der Waals surface area contributed by atoms with Gasteiger partial charge >= 0.3 is 0 Å². The Hall–Kier alpha value is -0.520. The Bertz CT molecular complexity index is 249. The lowest BCUT2D eigenvalue weighted by atomic mass is 10.0. The van der Waals surface area contributed by atoms with Gasteiger partial charge in [0.1, 0.15) is 0 Å². The van der Waals surface area contributed by atoms with Crippen molar-refractivity contribution in [2.75, 3.05) is 37.8 Å². The van der Waals surface area contributed by atoms with Crippen molar-refractivity contribution >= 4 is 17.7 Å². The average Bonchev–Trinajstić information content (AvgIpc) is 2.77. The van der Waals surface area contributed by atoms with E-state index in [0.29, 0.717) is 19.8 Å². The molecule has 1 aliphatic rings. The van der Waals surface area contributed by atoms with Gasteiger partial charge in [-0.05, 0) is 6.54 Å². The van der Waals surface area contributed by atoms with Gasteiger partial charge in [0.15, 0.2) is 0 Å². The van der Waals surface area contributed by atoms with E-state index < -0.39 is 0 Å². The first kappa shape index (κ1) is 14.5. The number of thioether (sulfide) groups is 1. The van der Waals surface area contributed by atoms with Crippen LogP contribution in [0.2, 0.25) is 0 Å². The first-order valence-electron chi connectivity index (χ1n) is 6.07. The molecule has 1 fully saturated rings. The number of likely N-dealkylation sites (N-methyl/N-ethyl adjacent to an activating group) is 1. The van der Waals surface area contributed by atoms with E-state index in [-0.39, 0.29) is 17.9 Å². The van der Waals surface area contributed by atoms with Crippen molar-refractivity contribution in [1.82, 2.24) is 10.6 Å². The highest BCUT2D eigenvalue weighted by atomic mass is 32.2. The van der Waals surface area contributed by atoms with Crippen LogP contribution in [0.1, 0.15) is 6.92 Å². The maximum absolute atomic E-state index is 11.9. The third-order valence-corrected chi connectivity index (χ3v) is 3.63. The molecule has 17 heavy (non-hydrogen) atoms. The quantitative estimate of drug-likeness (QED) is 0.496. The largest absolute Gasteiger partial charge is 0.379 e. The standard InChI is InChI=1S/C12H22N2O2S/c1-3-6-17-7-5-14-12(15)10-8-16-9-11(10)13-4-2/h3,10-11,13H,1,4-9H2,2H3,(H,14,15). The van der Waals surface area contributed by atoms with Crippen LogP contribution in [0.3, 0.4) is 0 Å². The van der Waals surface area contributed by atoms with E-state index in [0.717, 1.165) is 18.1 Å². The van der Waals surface area contributed by atoms with Crippen LogP contribution in [0.25, 0.3) is 0 Å². The summed E-state index contributed by atoms with van der Waals surface area (Å²) in [4.78, 5) is 11.9. The highest BCUT2D eigenvalue weighted by molar-refractivity contribution is 7.99. The molecule has 0 aromatic heterocycles. The Kier molecular flexibility index (Phi) is 7.32. The molecule has 0 spiro atoms. The predicted octanol–water partition coefficient (Wildman–Crippen LogP) is 0.646. The van der Waals surface area contributed by atoms with Crippen molar-refractivity contribution < 1.29 is 9.53 Å². The Morgan fingerprint density at radius 1 is 1.59 bits per heavy atom. The molecule has 1 heterocycles. The summed E-state index contributed by atoms with van der Waals surface area (Å²) in [7, 11) is 0. The van der Waals surface area contributed by atoms with E-state index in [2.05, 4.69) is 17.2 Å². The van der Waals surface area contributed by atoms with Gasteiger partial charge in [0.05, 0.1) is 19.1 Å². The van der Waals surface area contributed by atoms with Crippen molar-refractivity contribution in [2.45, 2.75) is 13.0 Å². The fourth-order valence-electron chi connectivity index (χ4n) is 1.82. The number of nitrogens with one attached hydrogen (secondary N) is 2. The predicted molar refractivity (Wildman–Crippen MR) is 72.3 cm³/mol. The molecule has 0 saturated carbocycles. The van der Waals surface area contributed by atoms with Gasteiger partial charge in [-0.2, -0.15) is 11.8 Å². The molecule has 5 heteroatoms. The molecule has 2 unspecified atom stereocenters. The topological polar surface area (TPSA) is 50.4 Å². The van der Waals surface area contributed by atoms with Crippen molar-refractivity contribution in [3.05, 3.63) is 12.7 Å². The molecule has 0 aliphatic carbocycles. The molecule has 0 radical (unpaired) electrons. The summed E-state index contributed by atoms with van der Waals surface area (Å²) in [5.41, 5.74) is 0. The number of hydrogen-bond donors (Lipinski definition) is 2. The van der Waals surface area contributed by atoms with Crippen molar-refractivity contribution in [1.29, 1.82) is 0 Å². The second kappa shape index (κ2) is 8.55. The molecule has 0 aromatic carbocycles. The lowest BCUT2D eigenvalue weighted by Crippen LogP contribution is -2.44. The zero-order chi connectivity index (χ0) is 12.5. The lowest BCUT2D eigenvalue weighted by Gasteiger charge is -2.17. The molecule has 0 aromatic rings. The second-order valence-electron chi connectivity index (χ2n) is 3.96. The molecular formula is C12H22N2O2S. The monoisotopic (exact) mass is 258 g/mol. The fourth-order valence-corrected chi connectivity index (χ4v) is 2.40. The van der Waals surface area contributed by atoms with Crippen LogP contribution < -0.4 is 10.6 Å². The lowest BCUT2D eigenvalue weighted by molar-refractivity contribution is -0.125. The zero-order valence-electron chi connectivity index (χ0n) is 10.4. The molecule has 2 atom stereocenters. The molecule has 1 rings (SSSR count). The number of rotatable bonds is 8. The van der Waals surface area contributed by atoms with Gasteiger partial charge in [0.25, 0.3) is 0 Å². The van der Waals surface area contributed by atoms with Gasteiger partial charge in [-0.25, -0.2) is 0 Å². The second-order valence-corrected chi connectivity index (χ2v) is 5.11. The summed E-state index contributed by atoms with van der Waals surface area (Å²) in [5.74, 6) is 1.92. The number of carbonyl (C=O) groups is 1. The molecule has 1 saturated heterocycles. The number of carbonyl (C=O) groups excluding carboxylic acids is 1. The van der Waals surface area contributed by atoms with Gasteiger partial charge in [-0.3, -0.25) is 4.79 Å². The third kappa shape index (κ3) is 5.10. The Morgan fingerprint density at radius 2 is 2.41 bits per heavy atom. The van der Waals surface area contributed by atoms with E-state index in [1.54, 1.807) is 11.8 Å². The van der Waals surface area contributed by atoms with Crippen LogP contribution in [0.15, 0.2) is 12.7 Å². The highest BCUT2D eigenvalue weighted by Gasteiger charge is 2.32. The van der Waals surface area contributed by atoms with Crippen molar-refractivity contribution in [3.8, 4) is 0 Å². The molecule has 4 nitrogen and oxygen atoms in total. The molecule has 2 N–H and O–H groups in total. The van der Waals surface area contributed by atoms with E-state index >= 15 is 0 Å². The summed E-state index contributed by atoms with van der Waals surface area (Å²) in [5, 5.41) is 6.24. The maximum Gasteiger partial charge on any atom is 0.227 e. The minimum atomic E-state index is -0.0423. The summed E-state index contributed by atoms with van der Waals surface area (Å²) in [6.07, 6.45) is 1.87. The van der Waals surface area contributed by atoms with Gasteiger partial charge in [0, 0.05) is 24.1 Å². The minimum Gasteiger partial charge on any atom is -0.379 e. The van der Waals surface area contributed by atoms with Crippen LogP contribution >= 0.6 is 11.8 Å². The molecule has 0 bridgehead atoms. The van der Waals surface area contributed by atoms with E-state index in [1.165, 1.54) is 0 Å². The van der Waals surface area contributed by atoms with E-state index in [4.69, 9.17) is 4.74 Å². The average molecular weight is 258 g/mol. The summed E-state index contributed by atoms with van der Waals surface area (Å²) in [6.45, 7) is 8.44. The van der Waals surface area contributed by atoms with Crippen LogP contribution in [-0.2, 0) is 9.53 Å². The van der Waals surface area contributed by atoms with Crippen LogP contribution in [0, 0.1) is 5.92 Å². The van der Waals surface area contributed by atoms with Gasteiger partial charge in [-0.1, -0.05) is 13.0 Å². The van der Waals surface area contributed by atoms with E-state index in [1.807, 2.05) is 13.0 Å². The number of amides is 1.